The zero-order valence-corrected chi connectivity index (χ0v) is 14.9. The lowest BCUT2D eigenvalue weighted by Crippen LogP contribution is -2.33. The molecule has 2 aromatic rings. The largest absolute Gasteiger partial charge is 0.380 e. The lowest BCUT2D eigenvalue weighted by Gasteiger charge is -2.12. The minimum atomic E-state index is -0.516. The van der Waals surface area contributed by atoms with Crippen LogP contribution in [0.2, 0.25) is 0 Å². The standard InChI is InChI=1S/C19H20N4O3/c1-13-4-6-15(7-5-13)10-21-22-18(24)11-23-14(2)8-16(12-26-3)17(9-20)19(23)25/h4-8,10H,11-12H2,1-3H3,(H,22,24)/b21-10-. The summed E-state index contributed by atoms with van der Waals surface area (Å²) >= 11 is 0. The molecule has 0 atom stereocenters. The highest BCUT2D eigenvalue weighted by Gasteiger charge is 2.14. The Morgan fingerprint density at radius 1 is 1.35 bits per heavy atom. The molecule has 0 unspecified atom stereocenters. The minimum Gasteiger partial charge on any atom is -0.380 e. The van der Waals surface area contributed by atoms with Crippen molar-refractivity contribution >= 4 is 12.1 Å². The van der Waals surface area contributed by atoms with Crippen LogP contribution in [0.4, 0.5) is 0 Å². The Labute approximate surface area is 151 Å². The van der Waals surface area contributed by atoms with Gasteiger partial charge in [0.15, 0.2) is 0 Å². The van der Waals surface area contributed by atoms with E-state index in [0.29, 0.717) is 11.3 Å². The molecule has 134 valence electrons. The molecule has 0 aliphatic heterocycles. The van der Waals surface area contributed by atoms with E-state index in [1.165, 1.54) is 17.9 Å². The number of hydrogen-bond donors (Lipinski definition) is 1. The third kappa shape index (κ3) is 4.65. The van der Waals surface area contributed by atoms with Crippen molar-refractivity contribution in [2.45, 2.75) is 27.0 Å². The Balaban J connectivity index is 2.12. The quantitative estimate of drug-likeness (QED) is 0.631. The molecular weight excluding hydrogens is 332 g/mol. The van der Waals surface area contributed by atoms with Crippen LogP contribution < -0.4 is 11.0 Å². The maximum Gasteiger partial charge on any atom is 0.269 e. The second kappa shape index (κ2) is 8.74. The number of methoxy groups -OCH3 is 1. The van der Waals surface area contributed by atoms with Crippen LogP contribution in [0.1, 0.15) is 27.9 Å². The van der Waals surface area contributed by atoms with Crippen LogP contribution in [-0.2, 0) is 22.7 Å². The number of nitriles is 1. The predicted molar refractivity (Wildman–Crippen MR) is 97.8 cm³/mol. The number of aryl methyl sites for hydroxylation is 2. The molecule has 0 radical (unpaired) electrons. The van der Waals surface area contributed by atoms with Gasteiger partial charge < -0.3 is 9.30 Å². The van der Waals surface area contributed by atoms with Gasteiger partial charge in [-0.15, -0.1) is 0 Å². The Hall–Kier alpha value is -3.24. The van der Waals surface area contributed by atoms with E-state index in [0.717, 1.165) is 11.1 Å². The highest BCUT2D eigenvalue weighted by atomic mass is 16.5. The van der Waals surface area contributed by atoms with Crippen LogP contribution >= 0.6 is 0 Å². The van der Waals surface area contributed by atoms with E-state index in [1.807, 2.05) is 37.3 Å². The zero-order valence-electron chi connectivity index (χ0n) is 14.9. The molecule has 1 heterocycles. The molecule has 1 amide bonds. The lowest BCUT2D eigenvalue weighted by molar-refractivity contribution is -0.121. The Bertz CT molecular complexity index is 922. The summed E-state index contributed by atoms with van der Waals surface area (Å²) in [5, 5.41) is 13.1. The molecule has 0 fully saturated rings. The van der Waals surface area contributed by atoms with Gasteiger partial charge in [0.05, 0.1) is 12.8 Å². The summed E-state index contributed by atoms with van der Waals surface area (Å²) in [7, 11) is 1.49. The fourth-order valence-corrected chi connectivity index (χ4v) is 2.43. The van der Waals surface area contributed by atoms with Crippen molar-refractivity contribution in [2.75, 3.05) is 7.11 Å². The molecule has 7 heteroatoms. The number of amides is 1. The first-order valence-corrected chi connectivity index (χ1v) is 7.97. The van der Waals surface area contributed by atoms with Crippen molar-refractivity contribution in [1.82, 2.24) is 9.99 Å². The van der Waals surface area contributed by atoms with Crippen LogP contribution in [0.15, 0.2) is 40.2 Å². The van der Waals surface area contributed by atoms with E-state index >= 15 is 0 Å². The number of ether oxygens (including phenoxy) is 1. The minimum absolute atomic E-state index is 0.0200. The Kier molecular flexibility index (Phi) is 6.42. The van der Waals surface area contributed by atoms with Gasteiger partial charge in [-0.25, -0.2) is 5.43 Å². The highest BCUT2D eigenvalue weighted by Crippen LogP contribution is 2.08. The van der Waals surface area contributed by atoms with Gasteiger partial charge >= 0.3 is 0 Å². The van der Waals surface area contributed by atoms with E-state index in [2.05, 4.69) is 10.5 Å². The molecule has 1 aromatic carbocycles. The van der Waals surface area contributed by atoms with E-state index < -0.39 is 11.5 Å². The number of carbonyl (C=O) groups excluding carboxylic acids is 1. The predicted octanol–water partition coefficient (Wildman–Crippen LogP) is 1.63. The van der Waals surface area contributed by atoms with Gasteiger partial charge in [0.2, 0.25) is 0 Å². The van der Waals surface area contributed by atoms with Crippen molar-refractivity contribution in [2.24, 2.45) is 5.10 Å². The molecular formula is C19H20N4O3. The van der Waals surface area contributed by atoms with E-state index in [1.54, 1.807) is 13.0 Å². The summed E-state index contributed by atoms with van der Waals surface area (Å²) in [4.78, 5) is 24.5. The molecule has 7 nitrogen and oxygen atoms in total. The number of hydrogen-bond acceptors (Lipinski definition) is 5. The summed E-state index contributed by atoms with van der Waals surface area (Å²) in [6.07, 6.45) is 1.52. The van der Waals surface area contributed by atoms with Crippen LogP contribution in [0.25, 0.3) is 0 Å². The average Bonchev–Trinajstić information content (AvgIpc) is 2.61. The van der Waals surface area contributed by atoms with Crippen molar-refractivity contribution < 1.29 is 9.53 Å². The molecule has 0 aliphatic carbocycles. The van der Waals surface area contributed by atoms with E-state index in [4.69, 9.17) is 4.74 Å². The summed E-state index contributed by atoms with van der Waals surface area (Å²) in [6, 6.07) is 11.2. The number of aromatic nitrogens is 1. The topological polar surface area (TPSA) is 96.5 Å². The average molecular weight is 352 g/mol. The first-order chi connectivity index (χ1) is 12.5. The maximum atomic E-state index is 12.4. The van der Waals surface area contributed by atoms with Crippen LogP contribution in [0.5, 0.6) is 0 Å². The van der Waals surface area contributed by atoms with Gasteiger partial charge in [0.1, 0.15) is 18.2 Å². The molecule has 1 N–H and O–H groups in total. The number of benzene rings is 1. The molecule has 1 aromatic heterocycles. The molecule has 0 bridgehead atoms. The first kappa shape index (κ1) is 19.1. The van der Waals surface area contributed by atoms with Crippen LogP contribution in [0.3, 0.4) is 0 Å². The molecule has 0 aliphatic rings. The third-order valence-corrected chi connectivity index (χ3v) is 3.78. The number of nitrogens with zero attached hydrogens (tertiary/aromatic N) is 3. The van der Waals surface area contributed by atoms with Crippen molar-refractivity contribution in [3.63, 3.8) is 0 Å². The van der Waals surface area contributed by atoms with Crippen LogP contribution in [0, 0.1) is 25.2 Å². The van der Waals surface area contributed by atoms with Crippen LogP contribution in [-0.4, -0.2) is 23.8 Å². The fourth-order valence-electron chi connectivity index (χ4n) is 2.43. The van der Waals surface area contributed by atoms with Gasteiger partial charge in [-0.3, -0.25) is 9.59 Å². The lowest BCUT2D eigenvalue weighted by atomic mass is 10.1. The van der Waals surface area contributed by atoms with Gasteiger partial charge in [-0.2, -0.15) is 10.4 Å². The molecule has 0 spiro atoms. The third-order valence-electron chi connectivity index (χ3n) is 3.78. The highest BCUT2D eigenvalue weighted by molar-refractivity contribution is 5.82. The smallest absolute Gasteiger partial charge is 0.269 e. The van der Waals surface area contributed by atoms with Crippen molar-refractivity contribution in [3.05, 3.63) is 68.6 Å². The van der Waals surface area contributed by atoms with Gasteiger partial charge in [0, 0.05) is 18.4 Å². The fraction of sp³-hybridized carbons (Fsp3) is 0.263. The number of nitrogens with one attached hydrogen (secondary N) is 1. The maximum absolute atomic E-state index is 12.4. The van der Waals surface area contributed by atoms with Crippen molar-refractivity contribution in [1.29, 1.82) is 5.26 Å². The summed E-state index contributed by atoms with van der Waals surface area (Å²) < 4.78 is 6.25. The van der Waals surface area contributed by atoms with Gasteiger partial charge in [-0.05, 0) is 25.5 Å². The summed E-state index contributed by atoms with van der Waals surface area (Å²) in [5.74, 6) is -0.457. The SMILES string of the molecule is COCc1cc(C)n(CC(=O)N/N=C\c2ccc(C)cc2)c(=O)c1C#N. The van der Waals surface area contributed by atoms with Crippen molar-refractivity contribution in [3.8, 4) is 6.07 Å². The number of carbonyl (C=O) groups is 1. The second-order valence-electron chi connectivity index (χ2n) is 5.83. The normalized spacial score (nSPS) is 10.7. The molecule has 26 heavy (non-hydrogen) atoms. The number of hydrazone groups is 1. The first-order valence-electron chi connectivity index (χ1n) is 7.97. The second-order valence-corrected chi connectivity index (χ2v) is 5.83. The van der Waals surface area contributed by atoms with Gasteiger partial charge in [-0.1, -0.05) is 29.8 Å². The molecule has 0 saturated heterocycles. The number of pyridine rings is 1. The number of rotatable bonds is 6. The monoisotopic (exact) mass is 352 g/mol. The molecule has 2 rings (SSSR count). The Morgan fingerprint density at radius 3 is 2.65 bits per heavy atom. The molecule has 0 saturated carbocycles. The zero-order chi connectivity index (χ0) is 19.1. The Morgan fingerprint density at radius 2 is 2.04 bits per heavy atom. The van der Waals surface area contributed by atoms with E-state index in [9.17, 15) is 14.9 Å². The van der Waals surface area contributed by atoms with E-state index in [-0.39, 0.29) is 18.7 Å². The summed E-state index contributed by atoms with van der Waals surface area (Å²) in [5.41, 5.74) is 4.90. The van der Waals surface area contributed by atoms with Gasteiger partial charge in [0.25, 0.3) is 11.5 Å². The summed E-state index contributed by atoms with van der Waals surface area (Å²) in [6.45, 7) is 3.62.